The van der Waals surface area contributed by atoms with Crippen molar-refractivity contribution in [2.24, 2.45) is 5.41 Å². The molecule has 1 fully saturated rings. The largest absolute Gasteiger partial charge is 0.354 e. The van der Waals surface area contributed by atoms with Crippen molar-refractivity contribution >= 4 is 5.91 Å². The molecule has 0 aliphatic heterocycles. The average molecular weight is 273 g/mol. The summed E-state index contributed by atoms with van der Waals surface area (Å²) in [7, 11) is 0. The van der Waals surface area contributed by atoms with Crippen LogP contribution in [0.2, 0.25) is 0 Å². The smallest absolute Gasteiger partial charge is 0.226 e. The van der Waals surface area contributed by atoms with Crippen LogP contribution in [0.25, 0.3) is 0 Å². The molecule has 1 aliphatic rings. The Kier molecular flexibility index (Phi) is 3.54. The number of amides is 1. The fourth-order valence-electron chi connectivity index (χ4n) is 2.75. The first-order valence-corrected chi connectivity index (χ1v) is 7.02. The van der Waals surface area contributed by atoms with E-state index in [1.807, 2.05) is 24.5 Å². The molecule has 6 heteroatoms. The van der Waals surface area contributed by atoms with Gasteiger partial charge in [-0.3, -0.25) is 4.79 Å². The summed E-state index contributed by atoms with van der Waals surface area (Å²) in [4.78, 5) is 12.4. The zero-order chi connectivity index (χ0) is 13.8. The summed E-state index contributed by atoms with van der Waals surface area (Å²) in [5, 5.41) is 13.5. The van der Waals surface area contributed by atoms with E-state index in [9.17, 15) is 4.79 Å². The van der Waals surface area contributed by atoms with Gasteiger partial charge < -0.3 is 9.88 Å². The van der Waals surface area contributed by atoms with Crippen LogP contribution in [-0.2, 0) is 17.8 Å². The second-order valence-electron chi connectivity index (χ2n) is 5.45. The van der Waals surface area contributed by atoms with Gasteiger partial charge in [0.05, 0.1) is 17.3 Å². The summed E-state index contributed by atoms with van der Waals surface area (Å²) in [5.41, 5.74) is 0.596. The zero-order valence-electron chi connectivity index (χ0n) is 11.4. The topological polar surface area (TPSA) is 75.6 Å². The molecule has 0 atom stereocenters. The summed E-state index contributed by atoms with van der Waals surface area (Å²) < 4.78 is 2.06. The van der Waals surface area contributed by atoms with Gasteiger partial charge in [0.1, 0.15) is 0 Å². The van der Waals surface area contributed by atoms with Crippen LogP contribution in [0, 0.1) is 5.41 Å². The molecule has 3 rings (SSSR count). The Morgan fingerprint density at radius 2 is 2.20 bits per heavy atom. The standard InChI is InChI=1S/C14H19N5O/c20-13(15-6-9-19-7-1-2-8-19)14(4-3-5-14)10-12-11-16-18-17-12/h1-2,7-8,11H,3-6,9-10H2,(H,15,20)(H,16,17,18). The molecule has 0 radical (unpaired) electrons. The van der Waals surface area contributed by atoms with Crippen LogP contribution in [0.15, 0.2) is 30.7 Å². The van der Waals surface area contributed by atoms with Gasteiger partial charge in [0.15, 0.2) is 0 Å². The number of hydrogen-bond donors (Lipinski definition) is 2. The van der Waals surface area contributed by atoms with E-state index < -0.39 is 0 Å². The predicted octanol–water partition coefficient (Wildman–Crippen LogP) is 1.14. The number of nitrogens with one attached hydrogen (secondary N) is 2. The van der Waals surface area contributed by atoms with E-state index in [0.717, 1.165) is 31.5 Å². The van der Waals surface area contributed by atoms with Crippen molar-refractivity contribution < 1.29 is 4.79 Å². The summed E-state index contributed by atoms with van der Waals surface area (Å²) in [6, 6.07) is 3.97. The molecular formula is C14H19N5O. The van der Waals surface area contributed by atoms with Crippen molar-refractivity contribution in [3.8, 4) is 0 Å². The zero-order valence-corrected chi connectivity index (χ0v) is 11.4. The second-order valence-corrected chi connectivity index (χ2v) is 5.45. The maximum absolute atomic E-state index is 12.4. The number of carbonyl (C=O) groups is 1. The Morgan fingerprint density at radius 1 is 1.40 bits per heavy atom. The number of nitrogens with zero attached hydrogens (tertiary/aromatic N) is 3. The molecule has 2 heterocycles. The third-order valence-corrected chi connectivity index (χ3v) is 4.10. The van der Waals surface area contributed by atoms with Gasteiger partial charge in [0.25, 0.3) is 0 Å². The van der Waals surface area contributed by atoms with Gasteiger partial charge in [-0.1, -0.05) is 6.42 Å². The lowest BCUT2D eigenvalue weighted by molar-refractivity contribution is -0.136. The van der Waals surface area contributed by atoms with E-state index in [1.165, 1.54) is 0 Å². The van der Waals surface area contributed by atoms with Gasteiger partial charge in [0.2, 0.25) is 5.91 Å². The van der Waals surface area contributed by atoms with Crippen LogP contribution in [0.5, 0.6) is 0 Å². The van der Waals surface area contributed by atoms with Gasteiger partial charge in [-0.25, -0.2) is 0 Å². The number of carbonyl (C=O) groups excluding carboxylic acids is 1. The Balaban J connectivity index is 1.54. The minimum absolute atomic E-state index is 0.152. The van der Waals surface area contributed by atoms with Crippen LogP contribution in [-0.4, -0.2) is 32.4 Å². The molecule has 6 nitrogen and oxygen atoms in total. The molecule has 0 unspecified atom stereocenters. The highest BCUT2D eigenvalue weighted by Gasteiger charge is 2.44. The Hall–Kier alpha value is -2.11. The molecular weight excluding hydrogens is 254 g/mol. The Labute approximate surface area is 117 Å². The highest BCUT2D eigenvalue weighted by molar-refractivity contribution is 5.83. The molecule has 0 spiro atoms. The third-order valence-electron chi connectivity index (χ3n) is 4.10. The van der Waals surface area contributed by atoms with Gasteiger partial charge in [-0.2, -0.15) is 15.4 Å². The molecule has 0 bridgehead atoms. The number of rotatable bonds is 6. The van der Waals surface area contributed by atoms with Gasteiger partial charge in [-0.15, -0.1) is 0 Å². The lowest BCUT2D eigenvalue weighted by Crippen LogP contribution is -2.47. The molecule has 0 aromatic carbocycles. The fourth-order valence-corrected chi connectivity index (χ4v) is 2.75. The van der Waals surface area contributed by atoms with E-state index >= 15 is 0 Å². The number of aromatic amines is 1. The van der Waals surface area contributed by atoms with Crippen LogP contribution >= 0.6 is 0 Å². The average Bonchev–Trinajstić information content (AvgIpc) is 3.06. The first-order valence-electron chi connectivity index (χ1n) is 7.02. The first kappa shape index (κ1) is 12.9. The minimum Gasteiger partial charge on any atom is -0.354 e. The van der Waals surface area contributed by atoms with Crippen molar-refractivity contribution in [1.82, 2.24) is 25.3 Å². The highest BCUT2D eigenvalue weighted by Crippen LogP contribution is 2.43. The maximum atomic E-state index is 12.4. The Morgan fingerprint density at radius 3 is 2.80 bits per heavy atom. The molecule has 1 amide bonds. The number of hydrogen-bond acceptors (Lipinski definition) is 3. The molecule has 2 aromatic heterocycles. The third kappa shape index (κ3) is 2.59. The fraction of sp³-hybridized carbons (Fsp3) is 0.500. The van der Waals surface area contributed by atoms with Crippen molar-refractivity contribution in [1.29, 1.82) is 0 Å². The van der Waals surface area contributed by atoms with Crippen LogP contribution < -0.4 is 5.32 Å². The van der Waals surface area contributed by atoms with Crippen LogP contribution in [0.3, 0.4) is 0 Å². The van der Waals surface area contributed by atoms with Crippen molar-refractivity contribution in [2.45, 2.75) is 32.2 Å². The summed E-state index contributed by atoms with van der Waals surface area (Å²) in [6.07, 6.45) is 9.38. The lowest BCUT2D eigenvalue weighted by Gasteiger charge is -2.39. The summed E-state index contributed by atoms with van der Waals surface area (Å²) in [6.45, 7) is 1.47. The lowest BCUT2D eigenvalue weighted by atomic mass is 9.65. The summed E-state index contributed by atoms with van der Waals surface area (Å²) >= 11 is 0. The maximum Gasteiger partial charge on any atom is 0.226 e. The normalized spacial score (nSPS) is 16.6. The molecule has 0 saturated heterocycles. The van der Waals surface area contributed by atoms with E-state index in [4.69, 9.17) is 0 Å². The second kappa shape index (κ2) is 5.48. The van der Waals surface area contributed by atoms with Gasteiger partial charge in [0, 0.05) is 31.9 Å². The molecule has 2 N–H and O–H groups in total. The van der Waals surface area contributed by atoms with Crippen LogP contribution in [0.4, 0.5) is 0 Å². The Bertz CT molecular complexity index is 542. The van der Waals surface area contributed by atoms with Crippen molar-refractivity contribution in [2.75, 3.05) is 6.54 Å². The van der Waals surface area contributed by atoms with E-state index in [0.29, 0.717) is 13.0 Å². The summed E-state index contributed by atoms with van der Waals surface area (Å²) in [5.74, 6) is 0.152. The van der Waals surface area contributed by atoms with E-state index in [-0.39, 0.29) is 11.3 Å². The predicted molar refractivity (Wildman–Crippen MR) is 73.8 cm³/mol. The highest BCUT2D eigenvalue weighted by atomic mass is 16.2. The molecule has 1 saturated carbocycles. The molecule has 2 aromatic rings. The minimum atomic E-state index is -0.270. The monoisotopic (exact) mass is 273 g/mol. The van der Waals surface area contributed by atoms with Crippen molar-refractivity contribution in [3.05, 3.63) is 36.4 Å². The van der Waals surface area contributed by atoms with E-state index in [1.54, 1.807) is 6.20 Å². The van der Waals surface area contributed by atoms with Crippen LogP contribution in [0.1, 0.15) is 25.0 Å². The number of aromatic nitrogens is 4. The van der Waals surface area contributed by atoms with Crippen molar-refractivity contribution in [3.63, 3.8) is 0 Å². The quantitative estimate of drug-likeness (QED) is 0.828. The SMILES string of the molecule is O=C(NCCn1cccc1)C1(Cc2cn[nH]n2)CCC1. The van der Waals surface area contributed by atoms with Gasteiger partial charge >= 0.3 is 0 Å². The molecule has 1 aliphatic carbocycles. The van der Waals surface area contributed by atoms with E-state index in [2.05, 4.69) is 25.3 Å². The first-order chi connectivity index (χ1) is 9.78. The molecule has 106 valence electrons. The number of H-pyrrole nitrogens is 1. The molecule has 20 heavy (non-hydrogen) atoms. The van der Waals surface area contributed by atoms with Gasteiger partial charge in [-0.05, 0) is 25.0 Å².